The van der Waals surface area contributed by atoms with Gasteiger partial charge in [0.2, 0.25) is 5.95 Å². The molecule has 0 saturated carbocycles. The van der Waals surface area contributed by atoms with Gasteiger partial charge < -0.3 is 10.1 Å². The van der Waals surface area contributed by atoms with E-state index < -0.39 is 0 Å². The van der Waals surface area contributed by atoms with E-state index in [0.717, 1.165) is 30.6 Å². The fourth-order valence-corrected chi connectivity index (χ4v) is 2.10. The minimum atomic E-state index is 0.0633. The Bertz CT molecular complexity index is 518. The van der Waals surface area contributed by atoms with Crippen LogP contribution in [0.3, 0.4) is 0 Å². The summed E-state index contributed by atoms with van der Waals surface area (Å²) in [7, 11) is 1.80. The lowest BCUT2D eigenvalue weighted by Crippen LogP contribution is -2.17. The van der Waals surface area contributed by atoms with Crippen LogP contribution in [0, 0.1) is 0 Å². The quantitative estimate of drug-likeness (QED) is 0.852. The molecule has 1 aliphatic rings. The number of hydrogen-bond donors (Lipinski definition) is 1. The third-order valence-electron chi connectivity index (χ3n) is 3.01. The van der Waals surface area contributed by atoms with Crippen LogP contribution in [0.15, 0.2) is 12.5 Å². The number of rotatable bonds is 2. The zero-order chi connectivity index (χ0) is 11.7. The minimum Gasteiger partial charge on any atom is -0.358 e. The Kier molecular flexibility index (Phi) is 2.64. The lowest BCUT2D eigenvalue weighted by molar-refractivity contribution is -0.0298. The molecule has 1 N–H and O–H groups in total. The van der Waals surface area contributed by atoms with Crippen LogP contribution in [-0.2, 0) is 4.74 Å². The van der Waals surface area contributed by atoms with E-state index in [-0.39, 0.29) is 6.23 Å². The molecule has 1 saturated heterocycles. The summed E-state index contributed by atoms with van der Waals surface area (Å²) in [5.74, 6) is 0.607. The van der Waals surface area contributed by atoms with Gasteiger partial charge in [-0.3, -0.25) is 4.57 Å². The van der Waals surface area contributed by atoms with Crippen LogP contribution in [0.1, 0.15) is 25.5 Å². The summed E-state index contributed by atoms with van der Waals surface area (Å²) in [6.45, 7) is 0.814. The average molecular weight is 233 g/mol. The van der Waals surface area contributed by atoms with Crippen molar-refractivity contribution in [2.24, 2.45) is 0 Å². The van der Waals surface area contributed by atoms with Crippen LogP contribution in [0.4, 0.5) is 5.95 Å². The number of nitrogens with zero attached hydrogens (tertiary/aromatic N) is 4. The highest BCUT2D eigenvalue weighted by molar-refractivity contribution is 5.70. The summed E-state index contributed by atoms with van der Waals surface area (Å²) >= 11 is 0. The Morgan fingerprint density at radius 1 is 1.41 bits per heavy atom. The first-order chi connectivity index (χ1) is 8.38. The molecule has 3 heterocycles. The second-order valence-electron chi connectivity index (χ2n) is 4.13. The van der Waals surface area contributed by atoms with Gasteiger partial charge in [-0.25, -0.2) is 9.97 Å². The molecule has 0 amide bonds. The molecule has 0 aromatic carbocycles. The Labute approximate surface area is 99.0 Å². The molecule has 90 valence electrons. The molecule has 0 radical (unpaired) electrons. The summed E-state index contributed by atoms with van der Waals surface area (Å²) < 4.78 is 7.74. The molecule has 0 bridgehead atoms. The monoisotopic (exact) mass is 233 g/mol. The van der Waals surface area contributed by atoms with E-state index in [1.807, 2.05) is 4.57 Å². The molecular formula is C11H15N5O. The molecule has 3 rings (SSSR count). The largest absolute Gasteiger partial charge is 0.358 e. The first-order valence-electron chi connectivity index (χ1n) is 5.87. The average Bonchev–Trinajstić information content (AvgIpc) is 2.82. The number of aromatic nitrogens is 4. The van der Waals surface area contributed by atoms with Gasteiger partial charge in [0, 0.05) is 13.7 Å². The van der Waals surface area contributed by atoms with Gasteiger partial charge in [0.25, 0.3) is 0 Å². The molecule has 17 heavy (non-hydrogen) atoms. The standard InChI is InChI=1S/C11H15N5O/c1-12-11-13-6-8-10(15-11)16(7-14-8)9-4-2-3-5-17-9/h6-7,9H,2-5H2,1H3,(H,12,13,15). The predicted molar refractivity (Wildman–Crippen MR) is 63.7 cm³/mol. The predicted octanol–water partition coefficient (Wildman–Crippen LogP) is 1.57. The molecule has 1 atom stereocenters. The van der Waals surface area contributed by atoms with Crippen LogP contribution in [0.5, 0.6) is 0 Å². The van der Waals surface area contributed by atoms with Crippen molar-refractivity contribution < 1.29 is 4.74 Å². The van der Waals surface area contributed by atoms with Crippen molar-refractivity contribution >= 4 is 17.1 Å². The van der Waals surface area contributed by atoms with Crippen molar-refractivity contribution in [3.05, 3.63) is 12.5 Å². The van der Waals surface area contributed by atoms with E-state index in [1.165, 1.54) is 6.42 Å². The zero-order valence-electron chi connectivity index (χ0n) is 9.76. The van der Waals surface area contributed by atoms with E-state index in [2.05, 4.69) is 20.3 Å². The molecule has 1 aliphatic heterocycles. The summed E-state index contributed by atoms with van der Waals surface area (Å²) in [6, 6.07) is 0. The van der Waals surface area contributed by atoms with E-state index >= 15 is 0 Å². The summed E-state index contributed by atoms with van der Waals surface area (Å²) in [5.41, 5.74) is 1.63. The first-order valence-corrected chi connectivity index (χ1v) is 5.87. The van der Waals surface area contributed by atoms with Crippen LogP contribution >= 0.6 is 0 Å². The zero-order valence-corrected chi connectivity index (χ0v) is 9.76. The molecule has 1 unspecified atom stereocenters. The van der Waals surface area contributed by atoms with Crippen molar-refractivity contribution in [1.29, 1.82) is 0 Å². The van der Waals surface area contributed by atoms with Gasteiger partial charge in [-0.2, -0.15) is 4.98 Å². The third-order valence-corrected chi connectivity index (χ3v) is 3.01. The van der Waals surface area contributed by atoms with Gasteiger partial charge in [0.05, 0.1) is 12.5 Å². The number of hydrogen-bond acceptors (Lipinski definition) is 5. The molecule has 0 aliphatic carbocycles. The van der Waals surface area contributed by atoms with E-state index in [4.69, 9.17) is 4.74 Å². The van der Waals surface area contributed by atoms with Gasteiger partial charge in [-0.15, -0.1) is 0 Å². The molecule has 6 heteroatoms. The topological polar surface area (TPSA) is 64.9 Å². The Balaban J connectivity index is 2.02. The Morgan fingerprint density at radius 2 is 2.35 bits per heavy atom. The van der Waals surface area contributed by atoms with Crippen molar-refractivity contribution in [3.8, 4) is 0 Å². The van der Waals surface area contributed by atoms with Gasteiger partial charge in [-0.1, -0.05) is 0 Å². The fraction of sp³-hybridized carbons (Fsp3) is 0.545. The van der Waals surface area contributed by atoms with Crippen LogP contribution in [-0.4, -0.2) is 33.2 Å². The van der Waals surface area contributed by atoms with E-state index in [1.54, 1.807) is 19.6 Å². The molecule has 6 nitrogen and oxygen atoms in total. The Hall–Kier alpha value is -1.69. The van der Waals surface area contributed by atoms with Crippen molar-refractivity contribution in [2.75, 3.05) is 19.0 Å². The lowest BCUT2D eigenvalue weighted by Gasteiger charge is -2.23. The maximum Gasteiger partial charge on any atom is 0.224 e. The molecule has 2 aromatic heterocycles. The lowest BCUT2D eigenvalue weighted by atomic mass is 10.2. The summed E-state index contributed by atoms with van der Waals surface area (Å²) in [6.07, 6.45) is 6.93. The smallest absolute Gasteiger partial charge is 0.224 e. The SMILES string of the molecule is CNc1ncc2ncn(C3CCCCO3)c2n1. The Morgan fingerprint density at radius 3 is 3.12 bits per heavy atom. The van der Waals surface area contributed by atoms with Crippen molar-refractivity contribution in [1.82, 2.24) is 19.5 Å². The number of imidazole rings is 1. The highest BCUT2D eigenvalue weighted by Crippen LogP contribution is 2.25. The van der Waals surface area contributed by atoms with Crippen molar-refractivity contribution in [2.45, 2.75) is 25.5 Å². The van der Waals surface area contributed by atoms with Crippen LogP contribution in [0.2, 0.25) is 0 Å². The van der Waals surface area contributed by atoms with Crippen LogP contribution < -0.4 is 5.32 Å². The molecule has 1 fully saturated rings. The van der Waals surface area contributed by atoms with Crippen LogP contribution in [0.25, 0.3) is 11.2 Å². The first kappa shape index (κ1) is 10.5. The highest BCUT2D eigenvalue weighted by atomic mass is 16.5. The van der Waals surface area contributed by atoms with Gasteiger partial charge in [-0.05, 0) is 19.3 Å². The van der Waals surface area contributed by atoms with Gasteiger partial charge in [0.15, 0.2) is 5.65 Å². The van der Waals surface area contributed by atoms with Gasteiger partial charge >= 0.3 is 0 Å². The number of fused-ring (bicyclic) bond motifs is 1. The van der Waals surface area contributed by atoms with E-state index in [9.17, 15) is 0 Å². The minimum absolute atomic E-state index is 0.0633. The number of nitrogens with one attached hydrogen (secondary N) is 1. The molecule has 0 spiro atoms. The summed E-state index contributed by atoms with van der Waals surface area (Å²) in [5, 5.41) is 2.93. The number of anilines is 1. The fourth-order valence-electron chi connectivity index (χ4n) is 2.10. The van der Waals surface area contributed by atoms with Gasteiger partial charge in [0.1, 0.15) is 11.7 Å². The maximum absolute atomic E-state index is 5.75. The van der Waals surface area contributed by atoms with E-state index in [0.29, 0.717) is 5.95 Å². The third kappa shape index (κ3) is 1.84. The molecule has 2 aromatic rings. The molecular weight excluding hydrogens is 218 g/mol. The highest BCUT2D eigenvalue weighted by Gasteiger charge is 2.18. The van der Waals surface area contributed by atoms with Crippen molar-refractivity contribution in [3.63, 3.8) is 0 Å². The summed E-state index contributed by atoms with van der Waals surface area (Å²) in [4.78, 5) is 12.9. The normalized spacial score (nSPS) is 20.6. The number of ether oxygens (including phenoxy) is 1. The second-order valence-corrected chi connectivity index (χ2v) is 4.13. The second kappa shape index (κ2) is 4.29. The maximum atomic E-state index is 5.75.